The minimum Gasteiger partial charge on any atom is -0.393 e. The molecule has 1 aromatic rings. The maximum atomic E-state index is 11.5. The molecule has 3 fully saturated rings. The number of allylic oxidation sites excluding steroid dienone is 1. The number of nitrogens with two attached hydrogens (primary N) is 1. The van der Waals surface area contributed by atoms with Crippen LogP contribution < -0.4 is 9.32 Å². The fourth-order valence-corrected chi connectivity index (χ4v) is 9.34. The Hall–Kier alpha value is -1.41. The highest BCUT2D eigenvalue weighted by atomic mass is 32.2. The predicted octanol–water partition coefficient (Wildman–Crippen LogP) is 5.31. The number of likely N-dealkylation sites (tertiary alicyclic amines) is 1. The van der Waals surface area contributed by atoms with Gasteiger partial charge in [0.15, 0.2) is 0 Å². The van der Waals surface area contributed by atoms with E-state index in [0.717, 1.165) is 38.5 Å². The van der Waals surface area contributed by atoms with Crippen molar-refractivity contribution in [3.05, 3.63) is 42.0 Å². The molecule has 0 bridgehead atoms. The van der Waals surface area contributed by atoms with Gasteiger partial charge >= 0.3 is 10.3 Å². The van der Waals surface area contributed by atoms with Crippen LogP contribution >= 0.6 is 0 Å². The first-order chi connectivity index (χ1) is 17.7. The van der Waals surface area contributed by atoms with Gasteiger partial charge in [-0.05, 0) is 129 Å². The van der Waals surface area contributed by atoms with Gasteiger partial charge in [-0.25, -0.2) is 0 Å². The van der Waals surface area contributed by atoms with Crippen LogP contribution in [0, 0.1) is 22.7 Å². The molecule has 3 N–H and O–H groups in total. The summed E-state index contributed by atoms with van der Waals surface area (Å²) in [4.78, 5) is 2.61. The third-order valence-electron chi connectivity index (χ3n) is 10.6. The Balaban J connectivity index is 1.36. The third-order valence-corrected chi connectivity index (χ3v) is 11.0. The van der Waals surface area contributed by atoms with Gasteiger partial charge in [0.25, 0.3) is 0 Å². The number of hydrogen-bond acceptors (Lipinski definition) is 5. The summed E-state index contributed by atoms with van der Waals surface area (Å²) in [6.45, 7) is 10.5. The largest absolute Gasteiger partial charge is 0.393 e. The molecule has 1 aliphatic heterocycles. The summed E-state index contributed by atoms with van der Waals surface area (Å²) in [5.41, 5.74) is 2.37. The zero-order valence-corrected chi connectivity index (χ0v) is 23.4. The lowest BCUT2D eigenvalue weighted by Crippen LogP contribution is -2.54. The van der Waals surface area contributed by atoms with Crippen LogP contribution in [0.15, 0.2) is 30.9 Å². The highest BCUT2D eigenvalue weighted by Gasteiger charge is 2.63. The molecule has 206 valence electrons. The van der Waals surface area contributed by atoms with Crippen LogP contribution in [-0.4, -0.2) is 44.2 Å². The Bertz CT molecular complexity index is 1090. The second-order valence-corrected chi connectivity index (χ2v) is 13.8. The lowest BCUT2D eigenvalue weighted by Gasteiger charge is -2.60. The van der Waals surface area contributed by atoms with Crippen LogP contribution in [0.5, 0.6) is 5.75 Å². The number of benzene rings is 1. The topological polar surface area (TPSA) is 92.9 Å². The van der Waals surface area contributed by atoms with Gasteiger partial charge in [-0.3, -0.25) is 0 Å². The minimum atomic E-state index is -4.05. The molecular weight excluding hydrogens is 484 g/mol. The molecule has 0 aromatic heterocycles. The molecule has 2 saturated carbocycles. The average Bonchev–Trinajstić information content (AvgIpc) is 3.47. The van der Waals surface area contributed by atoms with Gasteiger partial charge in [0.2, 0.25) is 0 Å². The van der Waals surface area contributed by atoms with Crippen molar-refractivity contribution in [3.8, 4) is 5.75 Å². The number of fused-ring (bicyclic) bond motifs is 5. The quantitative estimate of drug-likeness (QED) is 0.316. The van der Waals surface area contributed by atoms with E-state index in [0.29, 0.717) is 23.5 Å². The number of hydrogen-bond donors (Lipinski definition) is 2. The first-order valence-electron chi connectivity index (χ1n) is 14.6. The van der Waals surface area contributed by atoms with Crippen LogP contribution in [0.4, 0.5) is 0 Å². The standard InChI is InChI=1S/C30H46N2O4S/c1-3-30-16-15-22-20-24(36-37(31,34)35)11-12-25(22)28(30)23(21-29(2)26(30)13-14-27(29)33)10-6-4-5-7-17-32-18-8-9-19-32/h3,11-12,20,23,26-28,33H,1,4-10,13-19,21H2,2H3,(H2,31,34,35)/t23-,26?,27-,28?,29-,30?/m0/s1. The molecule has 4 aliphatic rings. The smallest absolute Gasteiger partial charge is 0.380 e. The predicted molar refractivity (Wildman–Crippen MR) is 148 cm³/mol. The Morgan fingerprint density at radius 1 is 1.19 bits per heavy atom. The van der Waals surface area contributed by atoms with Crippen molar-refractivity contribution in [3.63, 3.8) is 0 Å². The van der Waals surface area contributed by atoms with Crippen molar-refractivity contribution in [1.29, 1.82) is 0 Å². The van der Waals surface area contributed by atoms with E-state index in [1.165, 1.54) is 69.3 Å². The summed E-state index contributed by atoms with van der Waals surface area (Å²) < 4.78 is 28.1. The van der Waals surface area contributed by atoms with Crippen LogP contribution in [0.3, 0.4) is 0 Å². The summed E-state index contributed by atoms with van der Waals surface area (Å²) in [5, 5.41) is 16.3. The summed E-state index contributed by atoms with van der Waals surface area (Å²) >= 11 is 0. The molecule has 1 heterocycles. The van der Waals surface area contributed by atoms with Gasteiger partial charge in [0, 0.05) is 0 Å². The normalized spacial score (nSPS) is 35.5. The Kier molecular flexibility index (Phi) is 7.81. The number of aliphatic hydroxyl groups excluding tert-OH is 1. The van der Waals surface area contributed by atoms with Gasteiger partial charge in [-0.2, -0.15) is 13.6 Å². The lowest BCUT2D eigenvalue weighted by atomic mass is 9.44. The number of nitrogens with zero attached hydrogens (tertiary/aromatic N) is 1. The van der Waals surface area contributed by atoms with E-state index < -0.39 is 10.3 Å². The molecule has 0 radical (unpaired) electrons. The summed E-state index contributed by atoms with van der Waals surface area (Å²) in [6, 6.07) is 5.71. The van der Waals surface area contributed by atoms with Crippen molar-refractivity contribution < 1.29 is 17.7 Å². The SMILES string of the molecule is C=CC12CCc3cc(OS(N)(=O)=O)ccc3C1[C@@H](CCCCCCN1CCCC1)C[C@@]1(C)C2CC[C@@H]1O. The third kappa shape index (κ3) is 5.26. The second kappa shape index (κ2) is 10.6. The van der Waals surface area contributed by atoms with Crippen molar-refractivity contribution >= 4 is 10.3 Å². The maximum Gasteiger partial charge on any atom is 0.380 e. The zero-order chi connectivity index (χ0) is 26.3. The Labute approximate surface area is 223 Å². The van der Waals surface area contributed by atoms with E-state index in [1.54, 1.807) is 6.07 Å². The van der Waals surface area contributed by atoms with Gasteiger partial charge in [-0.1, -0.05) is 38.3 Å². The molecule has 3 unspecified atom stereocenters. The highest BCUT2D eigenvalue weighted by molar-refractivity contribution is 7.84. The molecule has 6 nitrogen and oxygen atoms in total. The molecule has 37 heavy (non-hydrogen) atoms. The van der Waals surface area contributed by atoms with E-state index in [9.17, 15) is 13.5 Å². The van der Waals surface area contributed by atoms with Crippen LogP contribution in [-0.2, 0) is 16.7 Å². The van der Waals surface area contributed by atoms with Crippen molar-refractivity contribution in [2.24, 2.45) is 27.8 Å². The highest BCUT2D eigenvalue weighted by Crippen LogP contribution is 2.69. The van der Waals surface area contributed by atoms with E-state index in [4.69, 9.17) is 9.32 Å². The second-order valence-electron chi connectivity index (χ2n) is 12.6. The Morgan fingerprint density at radius 2 is 1.95 bits per heavy atom. The molecule has 1 aromatic carbocycles. The number of aliphatic hydroxyl groups is 1. The van der Waals surface area contributed by atoms with E-state index >= 15 is 0 Å². The van der Waals surface area contributed by atoms with Crippen LogP contribution in [0.2, 0.25) is 0 Å². The monoisotopic (exact) mass is 530 g/mol. The fourth-order valence-electron chi connectivity index (χ4n) is 8.97. The minimum absolute atomic E-state index is 0.0415. The molecular formula is C30H46N2O4S. The molecule has 6 atom stereocenters. The summed E-state index contributed by atoms with van der Waals surface area (Å²) in [7, 11) is -4.05. The van der Waals surface area contributed by atoms with Crippen LogP contribution in [0.25, 0.3) is 0 Å². The average molecular weight is 531 g/mol. The molecule has 3 aliphatic carbocycles. The number of aryl methyl sites for hydroxylation is 1. The van der Waals surface area contributed by atoms with Crippen LogP contribution in [0.1, 0.15) is 94.6 Å². The van der Waals surface area contributed by atoms with Gasteiger partial charge < -0.3 is 14.2 Å². The first kappa shape index (κ1) is 27.2. The Morgan fingerprint density at radius 3 is 2.68 bits per heavy atom. The van der Waals surface area contributed by atoms with Gasteiger partial charge in [0.05, 0.1) is 6.10 Å². The molecule has 7 heteroatoms. The first-order valence-corrected chi connectivity index (χ1v) is 16.0. The zero-order valence-electron chi connectivity index (χ0n) is 22.5. The fraction of sp³-hybridized carbons (Fsp3) is 0.733. The van der Waals surface area contributed by atoms with E-state index in [2.05, 4.69) is 30.5 Å². The number of unbranched alkanes of at least 4 members (excludes halogenated alkanes) is 3. The molecule has 0 spiro atoms. The van der Waals surface area contributed by atoms with E-state index in [-0.39, 0.29) is 16.9 Å². The maximum absolute atomic E-state index is 11.5. The molecule has 0 amide bonds. The van der Waals surface area contributed by atoms with Gasteiger partial charge in [-0.15, -0.1) is 6.58 Å². The summed E-state index contributed by atoms with van der Waals surface area (Å²) in [5.74, 6) is 1.52. The van der Waals surface area contributed by atoms with Crippen molar-refractivity contribution in [2.45, 2.75) is 96.0 Å². The lowest BCUT2D eigenvalue weighted by molar-refractivity contribution is -0.0812. The molecule has 1 saturated heterocycles. The van der Waals surface area contributed by atoms with E-state index in [1.807, 2.05) is 6.07 Å². The number of rotatable bonds is 10. The molecule has 5 rings (SSSR count). The summed E-state index contributed by atoms with van der Waals surface area (Å²) in [6.07, 6.45) is 15.7. The van der Waals surface area contributed by atoms with Crippen molar-refractivity contribution in [1.82, 2.24) is 4.90 Å². The van der Waals surface area contributed by atoms with Crippen molar-refractivity contribution in [2.75, 3.05) is 19.6 Å². The van der Waals surface area contributed by atoms with Gasteiger partial charge in [0.1, 0.15) is 5.75 Å².